The van der Waals surface area contributed by atoms with Gasteiger partial charge in [0.1, 0.15) is 56.3 Å². The second kappa shape index (κ2) is 23.9. The maximum absolute atomic E-state index is 9.29. The number of nitriles is 1. The Morgan fingerprint density at radius 3 is 1.28 bits per heavy atom. The van der Waals surface area contributed by atoms with Crippen LogP contribution in [0.2, 0.25) is 15.1 Å². The van der Waals surface area contributed by atoms with Gasteiger partial charge in [-0.05, 0) is 88.7 Å². The summed E-state index contributed by atoms with van der Waals surface area (Å²) in [5.74, 6) is 0.705. The molecule has 9 aromatic heterocycles. The minimum absolute atomic E-state index is 0. The van der Waals surface area contributed by atoms with E-state index in [1.165, 1.54) is 6.20 Å². The molecule has 0 aliphatic heterocycles. The number of aryl methyl sites for hydroxylation is 3. The predicted molar refractivity (Wildman–Crippen MR) is 301 cm³/mol. The van der Waals surface area contributed by atoms with Crippen molar-refractivity contribution in [3.63, 3.8) is 0 Å². The van der Waals surface area contributed by atoms with Crippen LogP contribution in [0.25, 0.3) is 101 Å². The summed E-state index contributed by atoms with van der Waals surface area (Å²) in [6, 6.07) is 30.2. The first-order chi connectivity index (χ1) is 37.2. The van der Waals surface area contributed by atoms with E-state index in [1.54, 1.807) is 44.9 Å². The Morgan fingerprint density at radius 2 is 0.885 bits per heavy atom. The number of anilines is 3. The smallest absolute Gasteiger partial charge is 0.512 e. The van der Waals surface area contributed by atoms with Gasteiger partial charge in [0, 0.05) is 91.2 Å². The molecule has 0 aliphatic carbocycles. The molecule has 388 valence electrons. The molecule has 12 rings (SSSR count). The number of nitrogen functional groups attached to an aromatic ring is 3. The monoisotopic (exact) mass is 1200 g/mol. The van der Waals surface area contributed by atoms with Crippen LogP contribution >= 0.6 is 50.7 Å². The zero-order valence-corrected chi connectivity index (χ0v) is 45.6. The minimum atomic E-state index is 0. The summed E-state index contributed by atoms with van der Waals surface area (Å²) in [4.78, 5) is 39.7. The quantitative estimate of drug-likeness (QED) is 0.103. The summed E-state index contributed by atoms with van der Waals surface area (Å²) < 4.78 is 5.55. The molecule has 0 aliphatic rings. The van der Waals surface area contributed by atoms with E-state index in [0.29, 0.717) is 93.6 Å². The first-order valence-corrected chi connectivity index (χ1v) is 24.5. The number of aromatic nitrogens is 15. The number of hydrogen-bond donors (Lipinski definition) is 3. The van der Waals surface area contributed by atoms with Gasteiger partial charge in [0.25, 0.3) is 0 Å². The van der Waals surface area contributed by atoms with Crippen LogP contribution in [0.1, 0.15) is 5.69 Å². The number of pyridine rings is 3. The molecule has 0 radical (unpaired) electrons. The van der Waals surface area contributed by atoms with Crippen molar-refractivity contribution in [2.75, 3.05) is 17.2 Å². The Labute approximate surface area is 478 Å². The Kier molecular flexibility index (Phi) is 16.9. The standard InChI is InChI=1S/C18H12ClN7.C17H12BrClN6.C17H13ClN6.CN.Cu/c1-26-6-4-13(25-26)17-16(23-14(9-20)18(21)24-17)11-7-10-3-2-5-22-15(10)12(19)8-11;1-25-6-4-12(24-25)15-14(22-16(18)17(20)23-15)10-7-9-3-2-5-21-13(9)11(19)8-10;1-24-6-4-13(23-24)17-16(21-9-14(19)22-17)11-7-10-3-2-5-20-15(10)12(18)8-11;1-2;/h2-8H,1H3,(H2,21,24);2-8H,1H3,(H2,20,23);2-9H,1H3,(H2,19,22);;/q;;;-1;+1. The van der Waals surface area contributed by atoms with Crippen LogP contribution in [-0.4, -0.2) is 74.2 Å². The first kappa shape index (κ1) is 55.2. The van der Waals surface area contributed by atoms with Crippen LogP contribution in [0.3, 0.4) is 0 Å². The molecule has 0 spiro atoms. The van der Waals surface area contributed by atoms with Gasteiger partial charge in [-0.3, -0.25) is 34.0 Å². The fraction of sp³-hybridized carbons (Fsp3) is 0.0566. The van der Waals surface area contributed by atoms with E-state index in [-0.39, 0.29) is 28.6 Å². The van der Waals surface area contributed by atoms with Crippen LogP contribution < -0.4 is 17.2 Å². The SMILES string of the molecule is Cn1ccc(-c2nc(N)c(Br)nc2-c2cc(Cl)c3ncccc3c2)n1.Cn1ccc(-c2nc(N)c(C#N)nc2-c2cc(Cl)c3ncccc3c2)n1.Cn1ccc(-c2nc(N)cnc2-c2cc(Cl)c3ncccc3c2)n1.[C-]#N.[Cu+]. The van der Waals surface area contributed by atoms with Gasteiger partial charge in [0.15, 0.2) is 17.3 Å². The van der Waals surface area contributed by atoms with Crippen LogP contribution in [0.4, 0.5) is 17.5 Å². The Hall–Kier alpha value is -8.99. The summed E-state index contributed by atoms with van der Waals surface area (Å²) in [5, 5.41) is 33.1. The van der Waals surface area contributed by atoms with E-state index in [2.05, 4.69) is 76.1 Å². The number of rotatable bonds is 6. The third-order valence-corrected chi connectivity index (χ3v) is 12.8. The van der Waals surface area contributed by atoms with Gasteiger partial charge in [-0.25, -0.2) is 24.9 Å². The molecule has 0 fully saturated rings. The minimum Gasteiger partial charge on any atom is -0.512 e. The molecule has 0 saturated carbocycles. The number of nitrogens with zero attached hydrogens (tertiary/aromatic N) is 17. The van der Waals surface area contributed by atoms with Gasteiger partial charge in [-0.1, -0.05) is 53.0 Å². The van der Waals surface area contributed by atoms with Gasteiger partial charge < -0.3 is 29.0 Å². The second-order valence-corrected chi connectivity index (χ2v) is 18.6. The van der Waals surface area contributed by atoms with Crippen molar-refractivity contribution >= 4 is 101 Å². The van der Waals surface area contributed by atoms with Crippen LogP contribution in [0, 0.1) is 23.2 Å². The predicted octanol–water partition coefficient (Wildman–Crippen LogP) is 10.7. The van der Waals surface area contributed by atoms with E-state index < -0.39 is 0 Å². The van der Waals surface area contributed by atoms with Crippen molar-refractivity contribution in [2.24, 2.45) is 21.1 Å². The topological polar surface area (TPSA) is 295 Å². The Morgan fingerprint density at radius 1 is 0.500 bits per heavy atom. The van der Waals surface area contributed by atoms with Crippen molar-refractivity contribution in [3.05, 3.63) is 166 Å². The van der Waals surface area contributed by atoms with Crippen LogP contribution in [0.5, 0.6) is 0 Å². The van der Waals surface area contributed by atoms with Gasteiger partial charge in [0.05, 0.1) is 49.2 Å². The van der Waals surface area contributed by atoms with E-state index in [4.69, 9.17) is 63.8 Å². The van der Waals surface area contributed by atoms with Crippen molar-refractivity contribution in [1.82, 2.24) is 74.2 Å². The molecule has 6 N–H and O–H groups in total. The fourth-order valence-electron chi connectivity index (χ4n) is 7.99. The molecule has 25 heteroatoms. The average Bonchev–Trinajstić information content (AvgIpc) is 4.24. The zero-order chi connectivity index (χ0) is 54.5. The molecular weight excluding hydrogens is 1170 g/mol. The molecule has 0 atom stereocenters. The molecule has 0 bridgehead atoms. The second-order valence-electron chi connectivity index (χ2n) is 16.6. The third-order valence-electron chi connectivity index (χ3n) is 11.4. The van der Waals surface area contributed by atoms with Gasteiger partial charge >= 0.3 is 17.1 Å². The van der Waals surface area contributed by atoms with Gasteiger partial charge in [0.2, 0.25) is 0 Å². The Bertz CT molecular complexity index is 4270. The number of nitrogens with two attached hydrogens (primary N) is 3. The van der Waals surface area contributed by atoms with E-state index in [1.807, 2.05) is 125 Å². The molecule has 3 aromatic carbocycles. The number of benzene rings is 3. The third kappa shape index (κ3) is 11.7. The summed E-state index contributed by atoms with van der Waals surface area (Å²) >= 11 is 22.6. The van der Waals surface area contributed by atoms with E-state index >= 15 is 0 Å². The zero-order valence-electron chi connectivity index (χ0n) is 40.8. The number of halogens is 4. The maximum atomic E-state index is 9.29. The maximum Gasteiger partial charge on any atom is 1.00 e. The van der Waals surface area contributed by atoms with Crippen molar-refractivity contribution < 1.29 is 17.1 Å². The van der Waals surface area contributed by atoms with E-state index in [9.17, 15) is 5.26 Å². The van der Waals surface area contributed by atoms with Crippen molar-refractivity contribution in [1.29, 1.82) is 10.5 Å². The molecule has 0 saturated heterocycles. The van der Waals surface area contributed by atoms with Gasteiger partial charge in [-0.2, -0.15) is 20.6 Å². The normalized spacial score (nSPS) is 10.6. The molecule has 12 aromatic rings. The fourth-order valence-corrected chi connectivity index (χ4v) is 9.08. The molecule has 0 amide bonds. The summed E-state index contributed by atoms with van der Waals surface area (Å²) in [6.07, 6.45) is 12.1. The molecule has 20 nitrogen and oxygen atoms in total. The summed E-state index contributed by atoms with van der Waals surface area (Å²) in [7, 11) is 5.50. The average molecular weight is 1200 g/mol. The van der Waals surface area contributed by atoms with Crippen molar-refractivity contribution in [3.8, 4) is 74.0 Å². The molecule has 9 heterocycles. The first-order valence-electron chi connectivity index (χ1n) is 22.6. The molecular formula is C53H37BrCl3CuN20. The molecule has 78 heavy (non-hydrogen) atoms. The summed E-state index contributed by atoms with van der Waals surface area (Å²) in [5.41, 5.74) is 27.8. The largest absolute Gasteiger partial charge is 1.00 e. The van der Waals surface area contributed by atoms with E-state index in [0.717, 1.165) is 38.3 Å². The Balaban J connectivity index is 0.000000151. The molecule has 0 unspecified atom stereocenters. The van der Waals surface area contributed by atoms with Crippen LogP contribution in [0.15, 0.2) is 139 Å². The summed E-state index contributed by atoms with van der Waals surface area (Å²) in [6.45, 7) is 4.75. The van der Waals surface area contributed by atoms with Crippen molar-refractivity contribution in [2.45, 2.75) is 0 Å². The number of hydrogen-bond acceptors (Lipinski definition) is 17. The number of fused-ring (bicyclic) bond motifs is 3. The van der Waals surface area contributed by atoms with Crippen LogP contribution in [-0.2, 0) is 38.2 Å². The van der Waals surface area contributed by atoms with Gasteiger partial charge in [-0.15, -0.1) is 0 Å².